The third-order valence-corrected chi connectivity index (χ3v) is 6.94. The zero-order chi connectivity index (χ0) is 19.5. The van der Waals surface area contributed by atoms with Gasteiger partial charge in [-0.25, -0.2) is 0 Å². The molecule has 156 valence electrons. The van der Waals surface area contributed by atoms with E-state index in [1.165, 1.54) is 21.6 Å². The molecule has 1 aliphatic heterocycles. The van der Waals surface area contributed by atoms with E-state index in [4.69, 9.17) is 5.73 Å². The number of piperidine rings is 1. The normalized spacial score (nSPS) is 17.7. The molecule has 0 radical (unpaired) electrons. The average Bonchev–Trinajstić information content (AvgIpc) is 3.17. The molecule has 2 amide bonds. The van der Waals surface area contributed by atoms with Gasteiger partial charge in [0.05, 0.1) is 4.88 Å². The number of amides is 2. The fourth-order valence-corrected chi connectivity index (χ4v) is 5.48. The van der Waals surface area contributed by atoms with Crippen molar-refractivity contribution >= 4 is 35.6 Å². The van der Waals surface area contributed by atoms with E-state index >= 15 is 0 Å². The number of aryl methyl sites for hydroxylation is 2. The predicted octanol–water partition coefficient (Wildman–Crippen LogP) is 3.40. The molecule has 0 spiro atoms. The summed E-state index contributed by atoms with van der Waals surface area (Å²) in [6.07, 6.45) is 5.41. The monoisotopic (exact) mass is 433 g/mol. The molecule has 1 aromatic heterocycles. The quantitative estimate of drug-likeness (QED) is 0.758. The Hall–Kier alpha value is -1.89. The third kappa shape index (κ3) is 4.65. The zero-order valence-electron chi connectivity index (χ0n) is 16.5. The molecule has 2 heterocycles. The summed E-state index contributed by atoms with van der Waals surface area (Å²) in [5.74, 6) is 0.0679. The second kappa shape index (κ2) is 9.74. The van der Waals surface area contributed by atoms with Crippen molar-refractivity contribution in [2.75, 3.05) is 19.6 Å². The molecule has 1 atom stereocenters. The van der Waals surface area contributed by atoms with Crippen molar-refractivity contribution in [3.8, 4) is 10.4 Å². The number of hydrogen-bond acceptors (Lipinski definition) is 4. The van der Waals surface area contributed by atoms with E-state index < -0.39 is 0 Å². The lowest BCUT2D eigenvalue weighted by Gasteiger charge is -2.35. The van der Waals surface area contributed by atoms with Crippen LogP contribution in [0.5, 0.6) is 0 Å². The fourth-order valence-electron chi connectivity index (χ4n) is 4.25. The van der Waals surface area contributed by atoms with Crippen LogP contribution in [0.15, 0.2) is 30.3 Å². The van der Waals surface area contributed by atoms with Gasteiger partial charge in [0.1, 0.15) is 0 Å². The van der Waals surface area contributed by atoms with Crippen LogP contribution in [0.4, 0.5) is 0 Å². The van der Waals surface area contributed by atoms with Crippen molar-refractivity contribution in [2.45, 2.75) is 44.6 Å². The van der Waals surface area contributed by atoms with Crippen LogP contribution in [0.3, 0.4) is 0 Å². The predicted molar refractivity (Wildman–Crippen MR) is 120 cm³/mol. The van der Waals surface area contributed by atoms with E-state index in [1.807, 2.05) is 4.90 Å². The number of carbonyl (C=O) groups excluding carboxylic acids is 2. The Labute approximate surface area is 182 Å². The molecule has 1 saturated heterocycles. The van der Waals surface area contributed by atoms with Crippen molar-refractivity contribution in [3.05, 3.63) is 46.3 Å². The highest BCUT2D eigenvalue weighted by Gasteiger charge is 2.30. The number of hydrogen-bond donors (Lipinski definition) is 2. The van der Waals surface area contributed by atoms with Crippen LogP contribution >= 0.6 is 23.7 Å². The maximum atomic E-state index is 13.3. The zero-order valence-corrected chi connectivity index (χ0v) is 18.1. The van der Waals surface area contributed by atoms with Gasteiger partial charge in [-0.2, -0.15) is 0 Å². The number of halogens is 1. The minimum atomic E-state index is -0.0383. The van der Waals surface area contributed by atoms with Gasteiger partial charge >= 0.3 is 0 Å². The summed E-state index contributed by atoms with van der Waals surface area (Å²) in [5.41, 5.74) is 9.38. The lowest BCUT2D eigenvalue weighted by Crippen LogP contribution is -2.49. The van der Waals surface area contributed by atoms with Crippen LogP contribution in [0.1, 0.15) is 46.5 Å². The molecule has 1 unspecified atom stereocenters. The third-order valence-electron chi connectivity index (χ3n) is 5.74. The highest BCUT2D eigenvalue weighted by molar-refractivity contribution is 7.17. The summed E-state index contributed by atoms with van der Waals surface area (Å²) in [6.45, 7) is 1.62. The topological polar surface area (TPSA) is 75.4 Å². The van der Waals surface area contributed by atoms with Gasteiger partial charge in [0.2, 0.25) is 5.91 Å². The molecule has 0 bridgehead atoms. The Kier molecular flexibility index (Phi) is 7.33. The first-order valence-electron chi connectivity index (χ1n) is 10.2. The first kappa shape index (κ1) is 21.8. The van der Waals surface area contributed by atoms with Gasteiger partial charge in [-0.15, -0.1) is 23.7 Å². The Balaban J connectivity index is 0.00000240. The number of carbonyl (C=O) groups is 2. The summed E-state index contributed by atoms with van der Waals surface area (Å²) in [7, 11) is 0. The SMILES string of the molecule is Cl.NCCC(=O)NCC1CCCCN1C(=O)c1cc2c(s1)-c1ccccc1CC2. The van der Waals surface area contributed by atoms with Crippen LogP contribution < -0.4 is 11.1 Å². The Morgan fingerprint density at radius 3 is 2.79 bits per heavy atom. The first-order chi connectivity index (χ1) is 13.7. The Morgan fingerprint density at radius 2 is 1.97 bits per heavy atom. The summed E-state index contributed by atoms with van der Waals surface area (Å²) in [4.78, 5) is 29.1. The van der Waals surface area contributed by atoms with E-state index in [1.54, 1.807) is 11.3 Å². The second-order valence-corrected chi connectivity index (χ2v) is 8.67. The molecule has 2 aliphatic rings. The number of likely N-dealkylation sites (tertiary alicyclic amines) is 1. The van der Waals surface area contributed by atoms with Gasteiger partial charge < -0.3 is 16.0 Å². The summed E-state index contributed by atoms with van der Waals surface area (Å²) in [6, 6.07) is 10.7. The first-order valence-corrected chi connectivity index (χ1v) is 11.0. The molecule has 5 nitrogen and oxygen atoms in total. The molecule has 29 heavy (non-hydrogen) atoms. The highest BCUT2D eigenvalue weighted by atomic mass is 35.5. The summed E-state index contributed by atoms with van der Waals surface area (Å²) < 4.78 is 0. The summed E-state index contributed by atoms with van der Waals surface area (Å²) >= 11 is 1.62. The maximum absolute atomic E-state index is 13.3. The van der Waals surface area contributed by atoms with E-state index in [0.29, 0.717) is 19.5 Å². The number of nitrogens with two attached hydrogens (primary N) is 1. The molecule has 0 saturated carbocycles. The van der Waals surface area contributed by atoms with Crippen LogP contribution in [0.25, 0.3) is 10.4 Å². The van der Waals surface area contributed by atoms with Gasteiger partial charge in [0.25, 0.3) is 5.91 Å². The second-order valence-electron chi connectivity index (χ2n) is 7.61. The van der Waals surface area contributed by atoms with Gasteiger partial charge in [-0.1, -0.05) is 24.3 Å². The molecular formula is C22H28ClN3O2S. The van der Waals surface area contributed by atoms with Gasteiger partial charge in [-0.05, 0) is 54.9 Å². The van der Waals surface area contributed by atoms with Gasteiger partial charge in [0, 0.05) is 37.0 Å². The van der Waals surface area contributed by atoms with E-state index in [2.05, 4.69) is 35.6 Å². The number of benzene rings is 1. The number of fused-ring (bicyclic) bond motifs is 3. The number of nitrogens with one attached hydrogen (secondary N) is 1. The Morgan fingerprint density at radius 1 is 1.17 bits per heavy atom. The molecule has 7 heteroatoms. The van der Waals surface area contributed by atoms with Crippen molar-refractivity contribution in [3.63, 3.8) is 0 Å². The molecular weight excluding hydrogens is 406 g/mol. The Bertz CT molecular complexity index is 883. The number of nitrogens with zero attached hydrogens (tertiary/aromatic N) is 1. The number of thiophene rings is 1. The van der Waals surface area contributed by atoms with Crippen LogP contribution in [-0.4, -0.2) is 42.4 Å². The average molecular weight is 434 g/mol. The molecule has 1 aliphatic carbocycles. The minimum Gasteiger partial charge on any atom is -0.354 e. The van der Waals surface area contributed by atoms with E-state index in [0.717, 1.165) is 43.5 Å². The van der Waals surface area contributed by atoms with Crippen molar-refractivity contribution < 1.29 is 9.59 Å². The van der Waals surface area contributed by atoms with Crippen LogP contribution in [0, 0.1) is 0 Å². The fraction of sp³-hybridized carbons (Fsp3) is 0.455. The smallest absolute Gasteiger partial charge is 0.264 e. The van der Waals surface area contributed by atoms with Crippen molar-refractivity contribution in [1.29, 1.82) is 0 Å². The minimum absolute atomic E-state index is 0. The summed E-state index contributed by atoms with van der Waals surface area (Å²) in [5, 5.41) is 2.94. The van der Waals surface area contributed by atoms with Gasteiger partial charge in [-0.3, -0.25) is 9.59 Å². The molecule has 2 aromatic rings. The maximum Gasteiger partial charge on any atom is 0.264 e. The van der Waals surface area contributed by atoms with E-state index in [9.17, 15) is 9.59 Å². The molecule has 1 fully saturated rings. The molecule has 3 N–H and O–H groups in total. The standard InChI is InChI=1S/C22H27N3O2S.ClH/c23-11-10-20(26)24-14-17-6-3-4-12-25(17)22(27)19-13-16-9-8-15-5-1-2-7-18(15)21(16)28-19;/h1-2,5,7,13,17H,3-4,6,8-12,14,23H2,(H,24,26);1H. The molecule has 4 rings (SSSR count). The van der Waals surface area contributed by atoms with E-state index in [-0.39, 0.29) is 30.3 Å². The highest BCUT2D eigenvalue weighted by Crippen LogP contribution is 2.40. The van der Waals surface area contributed by atoms with Crippen molar-refractivity contribution in [2.24, 2.45) is 5.73 Å². The lowest BCUT2D eigenvalue weighted by atomic mass is 9.91. The van der Waals surface area contributed by atoms with Crippen LogP contribution in [0.2, 0.25) is 0 Å². The van der Waals surface area contributed by atoms with Gasteiger partial charge in [0.15, 0.2) is 0 Å². The number of rotatable bonds is 5. The lowest BCUT2D eigenvalue weighted by molar-refractivity contribution is -0.121. The van der Waals surface area contributed by atoms with Crippen LogP contribution in [-0.2, 0) is 17.6 Å². The van der Waals surface area contributed by atoms with Crippen molar-refractivity contribution in [1.82, 2.24) is 10.2 Å². The molecule has 1 aromatic carbocycles. The largest absolute Gasteiger partial charge is 0.354 e.